The van der Waals surface area contributed by atoms with E-state index in [1.165, 1.54) is 11.0 Å². The number of carbonyl (C=O) groups excluding carboxylic acids is 1. The maximum absolute atomic E-state index is 12.8. The molecule has 19 heavy (non-hydrogen) atoms. The van der Waals surface area contributed by atoms with Crippen molar-refractivity contribution < 1.29 is 19.1 Å². The van der Waals surface area contributed by atoms with Gasteiger partial charge >= 0.3 is 5.97 Å². The van der Waals surface area contributed by atoms with Crippen LogP contribution in [-0.4, -0.2) is 40.0 Å². The summed E-state index contributed by atoms with van der Waals surface area (Å²) in [7, 11) is 0. The van der Waals surface area contributed by atoms with Crippen molar-refractivity contribution in [2.75, 3.05) is 13.1 Å². The first-order chi connectivity index (χ1) is 8.69. The molecule has 1 aromatic heterocycles. The van der Waals surface area contributed by atoms with Gasteiger partial charge in [0.1, 0.15) is 18.1 Å². The van der Waals surface area contributed by atoms with Crippen LogP contribution in [0, 0.1) is 11.2 Å². The fourth-order valence-corrected chi connectivity index (χ4v) is 1.60. The van der Waals surface area contributed by atoms with E-state index in [-0.39, 0.29) is 17.7 Å². The molecule has 1 rings (SSSR count). The van der Waals surface area contributed by atoms with Crippen molar-refractivity contribution in [2.45, 2.75) is 20.8 Å². The second kappa shape index (κ2) is 5.77. The van der Waals surface area contributed by atoms with Gasteiger partial charge in [-0.05, 0) is 17.5 Å². The Morgan fingerprint density at radius 2 is 2.00 bits per heavy atom. The molecule has 0 atom stereocenters. The molecule has 5 nitrogen and oxygen atoms in total. The lowest BCUT2D eigenvalue weighted by Gasteiger charge is -2.28. The molecule has 0 saturated heterocycles. The Labute approximate surface area is 111 Å². The van der Waals surface area contributed by atoms with Crippen molar-refractivity contribution in [2.24, 2.45) is 5.41 Å². The molecule has 0 aliphatic rings. The summed E-state index contributed by atoms with van der Waals surface area (Å²) in [5.41, 5.74) is -0.211. The van der Waals surface area contributed by atoms with Crippen LogP contribution in [-0.2, 0) is 4.79 Å². The molecule has 0 unspecified atom stereocenters. The number of hydrogen-bond acceptors (Lipinski definition) is 3. The third-order valence-electron chi connectivity index (χ3n) is 2.23. The molecule has 0 fully saturated rings. The molecule has 1 amide bonds. The van der Waals surface area contributed by atoms with E-state index in [1.807, 2.05) is 20.8 Å². The average molecular weight is 268 g/mol. The Morgan fingerprint density at radius 3 is 2.42 bits per heavy atom. The van der Waals surface area contributed by atoms with E-state index in [2.05, 4.69) is 4.98 Å². The summed E-state index contributed by atoms with van der Waals surface area (Å²) in [5, 5.41) is 8.85. The van der Waals surface area contributed by atoms with Crippen LogP contribution in [0.25, 0.3) is 0 Å². The molecule has 1 heterocycles. The zero-order chi connectivity index (χ0) is 14.6. The number of carboxylic acid groups (broad SMARTS) is 1. The number of amides is 1. The Kier molecular flexibility index (Phi) is 4.58. The van der Waals surface area contributed by atoms with Crippen LogP contribution < -0.4 is 0 Å². The Morgan fingerprint density at radius 1 is 1.37 bits per heavy atom. The largest absolute Gasteiger partial charge is 0.480 e. The fourth-order valence-electron chi connectivity index (χ4n) is 1.60. The Balaban J connectivity index is 2.93. The van der Waals surface area contributed by atoms with Crippen molar-refractivity contribution in [3.8, 4) is 0 Å². The van der Waals surface area contributed by atoms with E-state index in [4.69, 9.17) is 5.11 Å². The Bertz CT molecular complexity index is 466. The molecular weight excluding hydrogens is 251 g/mol. The van der Waals surface area contributed by atoms with E-state index >= 15 is 0 Å². The number of carboxylic acids is 1. The fraction of sp³-hybridized carbons (Fsp3) is 0.462. The van der Waals surface area contributed by atoms with Crippen LogP contribution in [0.5, 0.6) is 0 Å². The minimum atomic E-state index is -1.10. The van der Waals surface area contributed by atoms with E-state index in [0.29, 0.717) is 0 Å². The predicted octanol–water partition coefficient (Wildman–Crippen LogP) is 1.79. The van der Waals surface area contributed by atoms with Gasteiger partial charge < -0.3 is 10.0 Å². The number of aliphatic carboxylic acids is 1. The van der Waals surface area contributed by atoms with Gasteiger partial charge in [0.15, 0.2) is 0 Å². The van der Waals surface area contributed by atoms with Gasteiger partial charge in [-0.2, -0.15) is 0 Å². The standard InChI is InChI=1S/C13H17FN2O3/c1-13(2,3)8-16(7-11(17)18)12(19)10-5-4-9(14)6-15-10/h4-6H,7-8H2,1-3H3,(H,17,18). The quantitative estimate of drug-likeness (QED) is 0.903. The van der Waals surface area contributed by atoms with Crippen molar-refractivity contribution >= 4 is 11.9 Å². The van der Waals surface area contributed by atoms with Crippen LogP contribution in [0.1, 0.15) is 31.3 Å². The van der Waals surface area contributed by atoms with Gasteiger partial charge in [0.2, 0.25) is 0 Å². The van der Waals surface area contributed by atoms with Crippen molar-refractivity contribution in [3.63, 3.8) is 0 Å². The number of carbonyl (C=O) groups is 2. The highest BCUT2D eigenvalue weighted by atomic mass is 19.1. The van der Waals surface area contributed by atoms with Crippen LogP contribution >= 0.6 is 0 Å². The van der Waals surface area contributed by atoms with Gasteiger partial charge in [-0.25, -0.2) is 9.37 Å². The zero-order valence-electron chi connectivity index (χ0n) is 11.2. The average Bonchev–Trinajstić information content (AvgIpc) is 2.25. The molecule has 0 aliphatic heterocycles. The lowest BCUT2D eigenvalue weighted by atomic mass is 9.96. The van der Waals surface area contributed by atoms with E-state index < -0.39 is 24.2 Å². The first kappa shape index (κ1) is 15.1. The van der Waals surface area contributed by atoms with Gasteiger partial charge in [0, 0.05) is 6.54 Å². The van der Waals surface area contributed by atoms with Gasteiger partial charge in [0.25, 0.3) is 5.91 Å². The molecule has 104 valence electrons. The number of halogens is 1. The first-order valence-electron chi connectivity index (χ1n) is 5.82. The van der Waals surface area contributed by atoms with Gasteiger partial charge in [0.05, 0.1) is 6.20 Å². The smallest absolute Gasteiger partial charge is 0.323 e. The van der Waals surface area contributed by atoms with Crippen LogP contribution in [0.2, 0.25) is 0 Å². The molecular formula is C13H17FN2O3. The zero-order valence-corrected chi connectivity index (χ0v) is 11.2. The summed E-state index contributed by atoms with van der Waals surface area (Å²) in [6.45, 7) is 5.56. The van der Waals surface area contributed by atoms with Crippen LogP contribution in [0.4, 0.5) is 4.39 Å². The number of hydrogen-bond donors (Lipinski definition) is 1. The van der Waals surface area contributed by atoms with E-state index in [0.717, 1.165) is 12.3 Å². The second-order valence-corrected chi connectivity index (χ2v) is 5.48. The normalized spacial score (nSPS) is 11.2. The maximum atomic E-state index is 12.8. The van der Waals surface area contributed by atoms with Crippen molar-refractivity contribution in [1.82, 2.24) is 9.88 Å². The van der Waals surface area contributed by atoms with Gasteiger partial charge in [-0.3, -0.25) is 9.59 Å². The maximum Gasteiger partial charge on any atom is 0.323 e. The summed E-state index contributed by atoms with van der Waals surface area (Å²) >= 11 is 0. The minimum absolute atomic E-state index is 0.0342. The Hall–Kier alpha value is -1.98. The molecule has 0 radical (unpaired) electrons. The van der Waals surface area contributed by atoms with Crippen molar-refractivity contribution in [1.29, 1.82) is 0 Å². The van der Waals surface area contributed by atoms with Gasteiger partial charge in [-0.15, -0.1) is 0 Å². The number of pyridine rings is 1. The summed E-state index contributed by atoms with van der Waals surface area (Å²) in [6.07, 6.45) is 0.934. The molecule has 0 spiro atoms. The topological polar surface area (TPSA) is 70.5 Å². The summed E-state index contributed by atoms with van der Waals surface area (Å²) in [6, 6.07) is 2.37. The number of aromatic nitrogens is 1. The molecule has 0 saturated carbocycles. The lowest BCUT2D eigenvalue weighted by molar-refractivity contribution is -0.138. The lowest BCUT2D eigenvalue weighted by Crippen LogP contribution is -2.41. The molecule has 6 heteroatoms. The summed E-state index contributed by atoms with van der Waals surface area (Å²) < 4.78 is 12.8. The monoisotopic (exact) mass is 268 g/mol. The third-order valence-corrected chi connectivity index (χ3v) is 2.23. The molecule has 0 bridgehead atoms. The first-order valence-corrected chi connectivity index (χ1v) is 5.82. The van der Waals surface area contributed by atoms with Gasteiger partial charge in [-0.1, -0.05) is 20.8 Å². The minimum Gasteiger partial charge on any atom is -0.480 e. The SMILES string of the molecule is CC(C)(C)CN(CC(=O)O)C(=O)c1ccc(F)cn1. The predicted molar refractivity (Wildman–Crippen MR) is 67.2 cm³/mol. The molecule has 0 aromatic carbocycles. The highest BCUT2D eigenvalue weighted by Gasteiger charge is 2.24. The highest BCUT2D eigenvalue weighted by Crippen LogP contribution is 2.16. The second-order valence-electron chi connectivity index (χ2n) is 5.48. The number of rotatable bonds is 4. The highest BCUT2D eigenvalue weighted by molar-refractivity contribution is 5.94. The van der Waals surface area contributed by atoms with Crippen molar-refractivity contribution in [3.05, 3.63) is 29.8 Å². The molecule has 1 N–H and O–H groups in total. The third kappa shape index (κ3) is 5.03. The number of nitrogens with zero attached hydrogens (tertiary/aromatic N) is 2. The molecule has 1 aromatic rings. The van der Waals surface area contributed by atoms with Crippen LogP contribution in [0.15, 0.2) is 18.3 Å². The van der Waals surface area contributed by atoms with E-state index in [9.17, 15) is 14.0 Å². The molecule has 0 aliphatic carbocycles. The van der Waals surface area contributed by atoms with E-state index in [1.54, 1.807) is 0 Å². The van der Waals surface area contributed by atoms with Crippen LogP contribution in [0.3, 0.4) is 0 Å². The summed E-state index contributed by atoms with van der Waals surface area (Å²) in [4.78, 5) is 27.8. The summed E-state index contributed by atoms with van der Waals surface area (Å²) in [5.74, 6) is -2.16.